The molecular weight excluding hydrogens is 989 g/mol. The molecule has 1 saturated carbocycles. The van der Waals surface area contributed by atoms with Gasteiger partial charge in [0.25, 0.3) is 11.8 Å². The molecule has 4 N–H and O–H groups in total. The van der Waals surface area contributed by atoms with E-state index in [0.29, 0.717) is 142 Å². The molecule has 0 radical (unpaired) electrons. The molecule has 0 aliphatic heterocycles. The molecule has 2 heterocycles. The van der Waals surface area contributed by atoms with Gasteiger partial charge in [-0.1, -0.05) is 93.9 Å². The van der Waals surface area contributed by atoms with Crippen LogP contribution in [0.4, 0.5) is 0 Å². The van der Waals surface area contributed by atoms with Gasteiger partial charge >= 0.3 is 0 Å². The predicted molar refractivity (Wildman–Crippen MR) is 272 cm³/mol. The van der Waals surface area contributed by atoms with E-state index < -0.39 is 0 Å². The summed E-state index contributed by atoms with van der Waals surface area (Å²) in [4.78, 5) is 52.8. The van der Waals surface area contributed by atoms with Crippen LogP contribution in [-0.2, 0) is 9.59 Å². The number of unbranched alkanes of at least 4 members (excludes halogenated alkanes) is 2. The molecule has 0 atom stereocenters. The highest BCUT2D eigenvalue weighted by Crippen LogP contribution is 2.35. The van der Waals surface area contributed by atoms with Crippen molar-refractivity contribution in [2.75, 3.05) is 26.2 Å². The number of hydrogen-bond acceptors (Lipinski definition) is 6. The van der Waals surface area contributed by atoms with Crippen LogP contribution in [-0.4, -0.2) is 69.4 Å². The molecule has 0 bridgehead atoms. The largest absolute Gasteiger partial charge is 0.356 e. The molecule has 4 aromatic carbocycles. The van der Waals surface area contributed by atoms with Crippen molar-refractivity contribution in [3.05, 3.63) is 138 Å². The maximum Gasteiger partial charge on any atom is 0.272 e. The van der Waals surface area contributed by atoms with Crippen LogP contribution in [0.1, 0.15) is 83.5 Å². The molecule has 0 spiro atoms. The molecular formula is C50H50Cl6N8O4. The second-order valence-corrected chi connectivity index (χ2v) is 19.3. The topological polar surface area (TPSA) is 152 Å². The smallest absolute Gasteiger partial charge is 0.272 e. The van der Waals surface area contributed by atoms with Crippen molar-refractivity contribution < 1.29 is 19.2 Å². The fourth-order valence-electron chi connectivity index (χ4n) is 8.37. The molecule has 1 fully saturated rings. The highest BCUT2D eigenvalue weighted by Gasteiger charge is 2.30. The fraction of sp³-hybridized carbons (Fsp3) is 0.320. The standard InChI is InChI=1S/C50H50Cl6N8O4/c1-29-43(61-63(41-21-19-37(53)27-39(41)55)45(29)31-11-15-35(51)16-12-31)49(67)59-25-5-3-23-57-47(65)33-7-9-34(10-8-33)48(66)58-24-4-6-26-60-50(68)44-30(2)46(32-13-17-36(52)18-14-32)64(62-44)42-22-20-38(54)28-40(42)56/h11-22,27-28,33-34H,3-10,23-26H2,1-2H3,(H,57,65)(H,58,66)(H,59,67)(H,60,68). The minimum Gasteiger partial charge on any atom is -0.356 e. The first kappa shape index (κ1) is 50.8. The van der Waals surface area contributed by atoms with E-state index in [-0.39, 0.29) is 46.9 Å². The normalized spacial score (nSPS) is 14.6. The number of halogens is 6. The Labute approximate surface area is 425 Å². The molecule has 356 valence electrons. The van der Waals surface area contributed by atoms with Gasteiger partial charge in [-0.3, -0.25) is 19.2 Å². The molecule has 12 nitrogen and oxygen atoms in total. The molecule has 6 aromatic rings. The highest BCUT2D eigenvalue weighted by molar-refractivity contribution is 6.36. The van der Waals surface area contributed by atoms with Gasteiger partial charge in [-0.15, -0.1) is 0 Å². The van der Waals surface area contributed by atoms with Crippen molar-refractivity contribution in [2.45, 2.75) is 65.2 Å². The Kier molecular flexibility index (Phi) is 17.5. The predicted octanol–water partition coefficient (Wildman–Crippen LogP) is 11.7. The maximum absolute atomic E-state index is 13.4. The summed E-state index contributed by atoms with van der Waals surface area (Å²) in [6.07, 6.45) is 5.18. The van der Waals surface area contributed by atoms with Gasteiger partial charge in [0.05, 0.1) is 32.8 Å². The molecule has 0 saturated heterocycles. The van der Waals surface area contributed by atoms with Gasteiger partial charge in [-0.2, -0.15) is 10.2 Å². The summed E-state index contributed by atoms with van der Waals surface area (Å²) in [7, 11) is 0. The van der Waals surface area contributed by atoms with E-state index in [1.165, 1.54) is 0 Å². The van der Waals surface area contributed by atoms with E-state index >= 15 is 0 Å². The summed E-state index contributed by atoms with van der Waals surface area (Å²) >= 11 is 37.8. The molecule has 1 aliphatic rings. The van der Waals surface area contributed by atoms with Crippen LogP contribution in [0.5, 0.6) is 0 Å². The number of rotatable bonds is 18. The molecule has 18 heteroatoms. The zero-order valence-electron chi connectivity index (χ0n) is 37.4. The first-order chi connectivity index (χ1) is 32.7. The summed E-state index contributed by atoms with van der Waals surface area (Å²) in [5, 5.41) is 24.3. The number of nitrogens with one attached hydrogen (secondary N) is 4. The summed E-state index contributed by atoms with van der Waals surface area (Å²) in [5.41, 5.74) is 6.08. The minimum absolute atomic E-state index is 0.0105. The monoisotopic (exact) mass is 1040 g/mol. The van der Waals surface area contributed by atoms with E-state index in [2.05, 4.69) is 31.5 Å². The molecule has 2 aromatic heterocycles. The third kappa shape index (κ3) is 12.4. The first-order valence-electron chi connectivity index (χ1n) is 22.4. The Hall–Kier alpha value is -5.08. The van der Waals surface area contributed by atoms with Gasteiger partial charge in [0.15, 0.2) is 11.4 Å². The van der Waals surface area contributed by atoms with E-state index in [1.807, 2.05) is 38.1 Å². The summed E-state index contributed by atoms with van der Waals surface area (Å²) in [6.45, 7) is 5.43. The Balaban J connectivity index is 0.794. The van der Waals surface area contributed by atoms with E-state index in [0.717, 1.165) is 11.1 Å². The Morgan fingerprint density at radius 2 is 0.809 bits per heavy atom. The number of aromatic nitrogens is 4. The van der Waals surface area contributed by atoms with Crippen molar-refractivity contribution in [1.82, 2.24) is 40.8 Å². The quantitative estimate of drug-likeness (QED) is 0.0629. The average molecular weight is 1040 g/mol. The minimum atomic E-state index is -0.321. The van der Waals surface area contributed by atoms with Gasteiger partial charge < -0.3 is 21.3 Å². The number of benzene rings is 4. The van der Waals surface area contributed by atoms with Crippen LogP contribution in [0, 0.1) is 25.7 Å². The SMILES string of the molecule is Cc1c(C(=O)NCCCCNC(=O)C2CCC(C(=O)NCCCCNC(=O)c3nn(-c4ccc(Cl)cc4Cl)c(-c4ccc(Cl)cc4)c3C)CC2)nn(-c2ccc(Cl)cc2Cl)c1-c1ccc(Cl)cc1. The highest BCUT2D eigenvalue weighted by atomic mass is 35.5. The third-order valence-corrected chi connectivity index (χ3v) is 13.6. The lowest BCUT2D eigenvalue weighted by Crippen LogP contribution is -2.38. The van der Waals surface area contributed by atoms with Gasteiger partial charge in [0, 0.05) is 80.4 Å². The number of nitrogens with zero attached hydrogens (tertiary/aromatic N) is 4. The Bertz CT molecular complexity index is 2600. The van der Waals surface area contributed by atoms with Crippen LogP contribution in [0.15, 0.2) is 84.9 Å². The number of amides is 4. The average Bonchev–Trinajstić information content (AvgIpc) is 3.84. The second-order valence-electron chi connectivity index (χ2n) is 16.7. The second kappa shape index (κ2) is 23.5. The van der Waals surface area contributed by atoms with Crippen molar-refractivity contribution in [3.63, 3.8) is 0 Å². The van der Waals surface area contributed by atoms with Crippen molar-refractivity contribution in [1.29, 1.82) is 0 Å². The Morgan fingerprint density at radius 3 is 1.15 bits per heavy atom. The summed E-state index contributed by atoms with van der Waals surface area (Å²) in [6, 6.07) is 24.8. The fourth-order valence-corrected chi connectivity index (χ4v) is 9.60. The summed E-state index contributed by atoms with van der Waals surface area (Å²) < 4.78 is 3.30. The van der Waals surface area contributed by atoms with Crippen LogP contribution in [0.3, 0.4) is 0 Å². The van der Waals surface area contributed by atoms with Crippen molar-refractivity contribution in [3.8, 4) is 33.9 Å². The van der Waals surface area contributed by atoms with Crippen LogP contribution in [0.2, 0.25) is 30.1 Å². The number of carbonyl (C=O) groups excluding carboxylic acids is 4. The van der Waals surface area contributed by atoms with Crippen LogP contribution in [0.25, 0.3) is 33.9 Å². The zero-order chi connectivity index (χ0) is 48.5. The van der Waals surface area contributed by atoms with Crippen LogP contribution >= 0.6 is 69.6 Å². The van der Waals surface area contributed by atoms with E-state index in [9.17, 15) is 19.2 Å². The summed E-state index contributed by atoms with van der Waals surface area (Å²) in [5.74, 6) is -0.959. The van der Waals surface area contributed by atoms with Crippen LogP contribution < -0.4 is 21.3 Å². The number of hydrogen-bond donors (Lipinski definition) is 4. The third-order valence-electron chi connectivity index (χ3n) is 12.0. The molecule has 4 amide bonds. The lowest BCUT2D eigenvalue weighted by atomic mass is 9.81. The molecule has 68 heavy (non-hydrogen) atoms. The van der Waals surface area contributed by atoms with Crippen molar-refractivity contribution in [2.24, 2.45) is 11.8 Å². The number of carbonyl (C=O) groups is 4. The first-order valence-corrected chi connectivity index (χ1v) is 24.7. The van der Waals surface area contributed by atoms with Gasteiger partial charge in [-0.25, -0.2) is 9.36 Å². The Morgan fingerprint density at radius 1 is 0.485 bits per heavy atom. The lowest BCUT2D eigenvalue weighted by Gasteiger charge is -2.27. The zero-order valence-corrected chi connectivity index (χ0v) is 41.9. The molecule has 0 unspecified atom stereocenters. The molecule has 1 aliphatic carbocycles. The van der Waals surface area contributed by atoms with E-state index in [4.69, 9.17) is 69.6 Å². The van der Waals surface area contributed by atoms with Crippen molar-refractivity contribution >= 4 is 93.2 Å². The lowest BCUT2D eigenvalue weighted by molar-refractivity contribution is -0.130. The van der Waals surface area contributed by atoms with Gasteiger partial charge in [-0.05, 0) is 126 Å². The van der Waals surface area contributed by atoms with E-state index in [1.54, 1.807) is 70.0 Å². The van der Waals surface area contributed by atoms with Gasteiger partial charge in [0.2, 0.25) is 11.8 Å². The maximum atomic E-state index is 13.4. The molecule has 7 rings (SSSR count). The van der Waals surface area contributed by atoms with Gasteiger partial charge in [0.1, 0.15) is 0 Å².